The van der Waals surface area contributed by atoms with Gasteiger partial charge in [-0.3, -0.25) is 19.7 Å². The van der Waals surface area contributed by atoms with Crippen molar-refractivity contribution in [3.05, 3.63) is 105 Å². The summed E-state index contributed by atoms with van der Waals surface area (Å²) in [6.45, 7) is 1.89. The SMILES string of the molecule is CCOC(=O)c1ccc(N2C(=O)C(Cl)=C(Nc3ccc(C(=O)Oc4ccc([N+](=O)[O-])cc4)cc3)C2=O)cc1. The van der Waals surface area contributed by atoms with E-state index < -0.39 is 28.7 Å². The average molecular weight is 536 g/mol. The van der Waals surface area contributed by atoms with Gasteiger partial charge in [0.2, 0.25) is 0 Å². The minimum Gasteiger partial charge on any atom is -0.462 e. The van der Waals surface area contributed by atoms with Gasteiger partial charge in [-0.15, -0.1) is 0 Å². The number of halogens is 1. The van der Waals surface area contributed by atoms with Gasteiger partial charge in [0.15, 0.2) is 0 Å². The van der Waals surface area contributed by atoms with Gasteiger partial charge in [-0.2, -0.15) is 0 Å². The van der Waals surface area contributed by atoms with Crippen molar-refractivity contribution in [1.82, 2.24) is 0 Å². The molecule has 38 heavy (non-hydrogen) atoms. The summed E-state index contributed by atoms with van der Waals surface area (Å²) < 4.78 is 10.1. The predicted molar refractivity (Wildman–Crippen MR) is 136 cm³/mol. The fraction of sp³-hybridized carbons (Fsp3) is 0.0769. The smallest absolute Gasteiger partial charge is 0.343 e. The van der Waals surface area contributed by atoms with Gasteiger partial charge in [0.25, 0.3) is 17.5 Å². The van der Waals surface area contributed by atoms with Crippen molar-refractivity contribution in [2.75, 3.05) is 16.8 Å². The predicted octanol–water partition coefficient (Wildman–Crippen LogP) is 4.43. The van der Waals surface area contributed by atoms with Crippen LogP contribution < -0.4 is 15.0 Å². The van der Waals surface area contributed by atoms with E-state index in [-0.39, 0.29) is 45.6 Å². The number of hydrogen-bond acceptors (Lipinski definition) is 9. The number of imide groups is 1. The van der Waals surface area contributed by atoms with Crippen molar-refractivity contribution in [3.8, 4) is 5.75 Å². The van der Waals surface area contributed by atoms with E-state index in [0.29, 0.717) is 5.69 Å². The van der Waals surface area contributed by atoms with E-state index in [2.05, 4.69) is 5.32 Å². The van der Waals surface area contributed by atoms with Crippen molar-refractivity contribution < 1.29 is 33.6 Å². The first-order chi connectivity index (χ1) is 18.2. The molecule has 0 aromatic heterocycles. The number of nitrogens with one attached hydrogen (secondary N) is 1. The number of nitro groups is 1. The molecule has 0 aliphatic carbocycles. The molecule has 2 amide bonds. The fourth-order valence-corrected chi connectivity index (χ4v) is 3.66. The Kier molecular flexibility index (Phi) is 7.49. The molecule has 0 unspecified atom stereocenters. The number of nitrogens with zero attached hydrogens (tertiary/aromatic N) is 2. The summed E-state index contributed by atoms with van der Waals surface area (Å²) in [5.74, 6) is -2.55. The Balaban J connectivity index is 1.43. The molecule has 1 aliphatic heterocycles. The lowest BCUT2D eigenvalue weighted by molar-refractivity contribution is -0.384. The van der Waals surface area contributed by atoms with Gasteiger partial charge in [0, 0.05) is 17.8 Å². The van der Waals surface area contributed by atoms with Gasteiger partial charge < -0.3 is 14.8 Å². The van der Waals surface area contributed by atoms with Gasteiger partial charge in [-0.05, 0) is 67.6 Å². The summed E-state index contributed by atoms with van der Waals surface area (Å²) in [7, 11) is 0. The third-order valence-electron chi connectivity index (χ3n) is 5.31. The van der Waals surface area contributed by atoms with Crippen LogP contribution in [0.25, 0.3) is 0 Å². The number of non-ortho nitro benzene ring substituents is 1. The quantitative estimate of drug-likeness (QED) is 0.145. The number of nitro benzene ring substituents is 1. The zero-order valence-electron chi connectivity index (χ0n) is 19.7. The molecule has 1 aliphatic rings. The Bertz CT molecular complexity index is 1470. The summed E-state index contributed by atoms with van der Waals surface area (Å²) in [5, 5.41) is 13.2. The van der Waals surface area contributed by atoms with E-state index in [4.69, 9.17) is 21.1 Å². The Morgan fingerprint density at radius 2 is 1.47 bits per heavy atom. The van der Waals surface area contributed by atoms with Crippen molar-refractivity contribution in [3.63, 3.8) is 0 Å². The monoisotopic (exact) mass is 535 g/mol. The number of carbonyl (C=O) groups excluding carboxylic acids is 4. The maximum Gasteiger partial charge on any atom is 0.343 e. The molecule has 1 N–H and O–H groups in total. The van der Waals surface area contributed by atoms with Gasteiger partial charge in [-0.1, -0.05) is 11.6 Å². The molecule has 11 nitrogen and oxygen atoms in total. The zero-order valence-corrected chi connectivity index (χ0v) is 20.4. The maximum atomic E-state index is 13.0. The van der Waals surface area contributed by atoms with Crippen LogP contribution in [0.3, 0.4) is 0 Å². The lowest BCUT2D eigenvalue weighted by Gasteiger charge is -2.15. The first-order valence-electron chi connectivity index (χ1n) is 11.1. The highest BCUT2D eigenvalue weighted by Gasteiger charge is 2.39. The highest BCUT2D eigenvalue weighted by atomic mass is 35.5. The minimum atomic E-state index is -0.744. The molecule has 0 bridgehead atoms. The molecule has 0 spiro atoms. The summed E-state index contributed by atoms with van der Waals surface area (Å²) >= 11 is 6.16. The molecule has 0 saturated heterocycles. The summed E-state index contributed by atoms with van der Waals surface area (Å²) in [6.07, 6.45) is 0. The number of rotatable bonds is 8. The van der Waals surface area contributed by atoms with Crippen molar-refractivity contribution in [2.45, 2.75) is 6.92 Å². The van der Waals surface area contributed by atoms with Crippen LogP contribution in [0, 0.1) is 10.1 Å². The van der Waals surface area contributed by atoms with Gasteiger partial charge in [0.05, 0.1) is 28.3 Å². The molecular weight excluding hydrogens is 518 g/mol. The lowest BCUT2D eigenvalue weighted by Crippen LogP contribution is -2.32. The fourth-order valence-electron chi connectivity index (χ4n) is 3.44. The third-order valence-corrected chi connectivity index (χ3v) is 5.66. The number of carbonyl (C=O) groups is 4. The van der Waals surface area contributed by atoms with Crippen LogP contribution in [0.5, 0.6) is 5.75 Å². The molecule has 1 heterocycles. The van der Waals surface area contributed by atoms with Gasteiger partial charge in [0.1, 0.15) is 16.5 Å². The van der Waals surface area contributed by atoms with Crippen LogP contribution in [0.1, 0.15) is 27.6 Å². The number of anilines is 2. The van der Waals surface area contributed by atoms with Crippen LogP contribution >= 0.6 is 11.6 Å². The Morgan fingerprint density at radius 3 is 2.05 bits per heavy atom. The van der Waals surface area contributed by atoms with E-state index in [1.807, 2.05) is 0 Å². The second-order valence-electron chi connectivity index (χ2n) is 7.74. The molecule has 12 heteroatoms. The zero-order chi connectivity index (χ0) is 27.4. The minimum absolute atomic E-state index is 0.130. The number of hydrogen-bond donors (Lipinski definition) is 1. The standard InChI is InChI=1S/C26H18ClN3O8/c1-2-37-25(33)15-5-9-18(10-6-15)29-23(31)21(27)22(24(29)32)28-17-7-3-16(4-8-17)26(34)38-20-13-11-19(12-14-20)30(35)36/h3-14,28H,2H2,1H3. The molecule has 0 atom stereocenters. The lowest BCUT2D eigenvalue weighted by atomic mass is 10.2. The van der Waals surface area contributed by atoms with Crippen LogP contribution in [0.2, 0.25) is 0 Å². The molecule has 0 radical (unpaired) electrons. The first kappa shape index (κ1) is 26.0. The van der Waals surface area contributed by atoms with Crippen molar-refractivity contribution in [2.24, 2.45) is 0 Å². The Morgan fingerprint density at radius 1 is 0.895 bits per heavy atom. The van der Waals surface area contributed by atoms with Crippen molar-refractivity contribution in [1.29, 1.82) is 0 Å². The van der Waals surface area contributed by atoms with Crippen LogP contribution in [0.4, 0.5) is 17.1 Å². The van der Waals surface area contributed by atoms with E-state index in [1.165, 1.54) is 72.8 Å². The molecule has 3 aromatic rings. The van der Waals surface area contributed by atoms with Crippen LogP contribution in [-0.2, 0) is 14.3 Å². The third kappa shape index (κ3) is 5.37. The Labute approximate surface area is 220 Å². The summed E-state index contributed by atoms with van der Waals surface area (Å²) in [4.78, 5) is 61.0. The summed E-state index contributed by atoms with van der Waals surface area (Å²) in [5.41, 5.74) is 0.719. The van der Waals surface area contributed by atoms with Gasteiger partial charge >= 0.3 is 11.9 Å². The number of ether oxygens (including phenoxy) is 2. The largest absolute Gasteiger partial charge is 0.462 e. The van der Waals surface area contributed by atoms with Crippen LogP contribution in [0.15, 0.2) is 83.5 Å². The second-order valence-corrected chi connectivity index (χ2v) is 8.12. The number of amides is 2. The highest BCUT2D eigenvalue weighted by Crippen LogP contribution is 2.30. The number of benzene rings is 3. The molecule has 3 aromatic carbocycles. The van der Waals surface area contributed by atoms with E-state index >= 15 is 0 Å². The van der Waals surface area contributed by atoms with Crippen molar-refractivity contribution >= 4 is 52.4 Å². The average Bonchev–Trinajstić information content (AvgIpc) is 3.12. The maximum absolute atomic E-state index is 13.0. The molecule has 0 fully saturated rings. The Hall–Kier alpha value is -5.03. The normalized spacial score (nSPS) is 12.9. The first-order valence-corrected chi connectivity index (χ1v) is 11.5. The highest BCUT2D eigenvalue weighted by molar-refractivity contribution is 6.53. The molecule has 192 valence electrons. The van der Waals surface area contributed by atoms with Gasteiger partial charge in [-0.25, -0.2) is 14.5 Å². The van der Waals surface area contributed by atoms with E-state index in [9.17, 15) is 29.3 Å². The van der Waals surface area contributed by atoms with E-state index in [0.717, 1.165) is 4.90 Å². The topological polar surface area (TPSA) is 145 Å². The molecule has 4 rings (SSSR count). The molecular formula is C26H18ClN3O8. The summed E-state index contributed by atoms with van der Waals surface area (Å²) in [6, 6.07) is 16.6. The number of esters is 2. The molecule has 0 saturated carbocycles. The van der Waals surface area contributed by atoms with Crippen LogP contribution in [-0.4, -0.2) is 35.3 Å². The van der Waals surface area contributed by atoms with E-state index in [1.54, 1.807) is 6.92 Å². The second kappa shape index (κ2) is 10.9.